The molecule has 0 saturated carbocycles. The lowest BCUT2D eigenvalue weighted by atomic mass is 9.91. The highest BCUT2D eigenvalue weighted by atomic mass is 14.1. The SMILES string of the molecule is CCCCCCCCc1[c]ccc(CC)c1CCCCCC. The molecule has 0 heteroatoms. The number of hydrogen-bond acceptors (Lipinski definition) is 0. The fraction of sp³-hybridized carbons (Fsp3) is 0.727. The van der Waals surface area contributed by atoms with Gasteiger partial charge in [0.2, 0.25) is 0 Å². The summed E-state index contributed by atoms with van der Waals surface area (Å²) in [6.45, 7) is 6.87. The van der Waals surface area contributed by atoms with Crippen LogP contribution in [0.5, 0.6) is 0 Å². The van der Waals surface area contributed by atoms with E-state index in [9.17, 15) is 0 Å². The van der Waals surface area contributed by atoms with Crippen molar-refractivity contribution in [3.8, 4) is 0 Å². The zero-order valence-electron chi connectivity index (χ0n) is 15.3. The topological polar surface area (TPSA) is 0 Å². The van der Waals surface area contributed by atoms with Gasteiger partial charge in [-0.05, 0) is 54.9 Å². The fourth-order valence-corrected chi connectivity index (χ4v) is 3.30. The molecule has 0 aliphatic carbocycles. The van der Waals surface area contributed by atoms with Gasteiger partial charge in [0.1, 0.15) is 0 Å². The van der Waals surface area contributed by atoms with E-state index < -0.39 is 0 Å². The summed E-state index contributed by atoms with van der Waals surface area (Å²) in [6, 6.07) is 8.00. The molecule has 1 aromatic rings. The summed E-state index contributed by atoms with van der Waals surface area (Å²) in [5.74, 6) is 0. The minimum atomic E-state index is 1.17. The van der Waals surface area contributed by atoms with Crippen LogP contribution in [0, 0.1) is 6.07 Å². The Balaban J connectivity index is 2.49. The highest BCUT2D eigenvalue weighted by Crippen LogP contribution is 2.21. The monoisotopic (exact) mass is 301 g/mol. The van der Waals surface area contributed by atoms with Gasteiger partial charge in [-0.2, -0.15) is 0 Å². The molecule has 0 nitrogen and oxygen atoms in total. The molecule has 125 valence electrons. The molecular formula is C22H37. The van der Waals surface area contributed by atoms with Crippen LogP contribution in [0.25, 0.3) is 0 Å². The molecule has 0 aromatic heterocycles. The van der Waals surface area contributed by atoms with Crippen molar-refractivity contribution < 1.29 is 0 Å². The summed E-state index contributed by atoms with van der Waals surface area (Å²) in [4.78, 5) is 0. The smallest absolute Gasteiger partial charge is 0.0146 e. The summed E-state index contributed by atoms with van der Waals surface area (Å²) >= 11 is 0. The minimum absolute atomic E-state index is 1.17. The van der Waals surface area contributed by atoms with Gasteiger partial charge in [0, 0.05) is 0 Å². The van der Waals surface area contributed by atoms with Crippen molar-refractivity contribution in [2.75, 3.05) is 0 Å². The molecule has 0 spiro atoms. The maximum atomic E-state index is 3.55. The van der Waals surface area contributed by atoms with E-state index in [0.717, 1.165) is 0 Å². The molecule has 0 saturated heterocycles. The van der Waals surface area contributed by atoms with E-state index in [1.165, 1.54) is 89.0 Å². The Bertz CT molecular complexity index is 378. The van der Waals surface area contributed by atoms with Gasteiger partial charge in [-0.25, -0.2) is 0 Å². The number of rotatable bonds is 13. The molecule has 1 radical (unpaired) electrons. The van der Waals surface area contributed by atoms with Crippen LogP contribution in [0.15, 0.2) is 12.1 Å². The van der Waals surface area contributed by atoms with E-state index in [-0.39, 0.29) is 0 Å². The van der Waals surface area contributed by atoms with Crippen LogP contribution in [-0.4, -0.2) is 0 Å². The molecular weight excluding hydrogens is 264 g/mol. The van der Waals surface area contributed by atoms with E-state index in [4.69, 9.17) is 0 Å². The van der Waals surface area contributed by atoms with E-state index >= 15 is 0 Å². The van der Waals surface area contributed by atoms with Gasteiger partial charge < -0.3 is 0 Å². The normalized spacial score (nSPS) is 11.0. The fourth-order valence-electron chi connectivity index (χ4n) is 3.30. The Morgan fingerprint density at radius 2 is 1.32 bits per heavy atom. The molecule has 1 aromatic carbocycles. The standard InChI is InChI=1S/C22H37/c1-4-7-9-11-12-13-16-21-18-15-17-20(6-3)22(21)19-14-10-8-5-2/h15,17H,4-14,16,19H2,1-3H3. The maximum absolute atomic E-state index is 3.55. The van der Waals surface area contributed by atoms with Crippen LogP contribution >= 0.6 is 0 Å². The van der Waals surface area contributed by atoms with E-state index in [1.807, 2.05) is 0 Å². The molecule has 0 aliphatic heterocycles. The molecule has 0 N–H and O–H groups in total. The van der Waals surface area contributed by atoms with Gasteiger partial charge in [-0.3, -0.25) is 0 Å². The Labute approximate surface area is 139 Å². The van der Waals surface area contributed by atoms with E-state index in [0.29, 0.717) is 0 Å². The van der Waals surface area contributed by atoms with Crippen molar-refractivity contribution >= 4 is 0 Å². The van der Waals surface area contributed by atoms with Crippen molar-refractivity contribution in [3.05, 3.63) is 34.9 Å². The third-order valence-corrected chi connectivity index (χ3v) is 4.74. The van der Waals surface area contributed by atoms with E-state index in [2.05, 4.69) is 39.0 Å². The minimum Gasteiger partial charge on any atom is -0.0654 e. The van der Waals surface area contributed by atoms with Gasteiger partial charge in [0.15, 0.2) is 0 Å². The van der Waals surface area contributed by atoms with Gasteiger partial charge in [0.25, 0.3) is 0 Å². The maximum Gasteiger partial charge on any atom is -0.0146 e. The molecule has 0 unspecified atom stereocenters. The number of aryl methyl sites for hydroxylation is 2. The van der Waals surface area contributed by atoms with Crippen molar-refractivity contribution in [2.24, 2.45) is 0 Å². The summed E-state index contributed by atoms with van der Waals surface area (Å²) in [7, 11) is 0. The van der Waals surface area contributed by atoms with Gasteiger partial charge >= 0.3 is 0 Å². The summed E-state index contributed by atoms with van der Waals surface area (Å²) in [6.07, 6.45) is 17.4. The molecule has 0 atom stereocenters. The Hall–Kier alpha value is -0.780. The van der Waals surface area contributed by atoms with Crippen LogP contribution in [0.1, 0.15) is 102 Å². The van der Waals surface area contributed by atoms with Crippen molar-refractivity contribution in [2.45, 2.75) is 104 Å². The molecule has 0 bridgehead atoms. The Kier molecular flexibility index (Phi) is 11.2. The molecule has 1 rings (SSSR count). The first-order chi connectivity index (χ1) is 10.8. The van der Waals surface area contributed by atoms with E-state index in [1.54, 1.807) is 11.1 Å². The van der Waals surface area contributed by atoms with Crippen molar-refractivity contribution in [1.82, 2.24) is 0 Å². The second-order valence-electron chi connectivity index (χ2n) is 6.64. The third-order valence-electron chi connectivity index (χ3n) is 4.74. The molecule has 0 amide bonds. The average Bonchev–Trinajstić information content (AvgIpc) is 2.55. The van der Waals surface area contributed by atoms with Gasteiger partial charge in [-0.15, -0.1) is 0 Å². The number of benzene rings is 1. The van der Waals surface area contributed by atoms with Crippen LogP contribution in [-0.2, 0) is 19.3 Å². The quantitative estimate of drug-likeness (QED) is 0.342. The summed E-state index contributed by atoms with van der Waals surface area (Å²) in [5, 5.41) is 0. The van der Waals surface area contributed by atoms with Crippen molar-refractivity contribution in [3.63, 3.8) is 0 Å². The number of unbranched alkanes of at least 4 members (excludes halogenated alkanes) is 8. The lowest BCUT2D eigenvalue weighted by Crippen LogP contribution is -2.01. The predicted molar refractivity (Wildman–Crippen MR) is 99.6 cm³/mol. The summed E-state index contributed by atoms with van der Waals surface area (Å²) < 4.78 is 0. The van der Waals surface area contributed by atoms with Crippen LogP contribution in [0.2, 0.25) is 0 Å². The lowest BCUT2D eigenvalue weighted by molar-refractivity contribution is 0.604. The largest absolute Gasteiger partial charge is 0.0654 e. The molecule has 0 heterocycles. The molecule has 0 fully saturated rings. The first-order valence-corrected chi connectivity index (χ1v) is 9.84. The van der Waals surface area contributed by atoms with Crippen LogP contribution in [0.3, 0.4) is 0 Å². The average molecular weight is 302 g/mol. The summed E-state index contributed by atoms with van der Waals surface area (Å²) in [5.41, 5.74) is 4.72. The molecule has 0 aliphatic rings. The lowest BCUT2D eigenvalue weighted by Gasteiger charge is -2.14. The third kappa shape index (κ3) is 7.47. The first-order valence-electron chi connectivity index (χ1n) is 9.84. The van der Waals surface area contributed by atoms with Gasteiger partial charge in [-0.1, -0.05) is 84.3 Å². The van der Waals surface area contributed by atoms with Gasteiger partial charge in [0.05, 0.1) is 0 Å². The Morgan fingerprint density at radius 3 is 2.00 bits per heavy atom. The van der Waals surface area contributed by atoms with Crippen LogP contribution in [0.4, 0.5) is 0 Å². The highest BCUT2D eigenvalue weighted by molar-refractivity contribution is 5.35. The second kappa shape index (κ2) is 12.7. The number of hydrogen-bond donors (Lipinski definition) is 0. The zero-order valence-corrected chi connectivity index (χ0v) is 15.3. The Morgan fingerprint density at radius 1 is 0.727 bits per heavy atom. The van der Waals surface area contributed by atoms with Crippen molar-refractivity contribution in [1.29, 1.82) is 0 Å². The van der Waals surface area contributed by atoms with Crippen LogP contribution < -0.4 is 0 Å². The predicted octanol–water partition coefficient (Wildman–Crippen LogP) is 7.07. The molecule has 22 heavy (non-hydrogen) atoms. The second-order valence-corrected chi connectivity index (χ2v) is 6.64. The highest BCUT2D eigenvalue weighted by Gasteiger charge is 2.07. The zero-order chi connectivity index (χ0) is 16.0. The first kappa shape index (κ1) is 19.3.